The Kier molecular flexibility index (Phi) is 9.54. The fraction of sp³-hybridized carbons (Fsp3) is 0.0556. The molecule has 0 fully saturated rings. The quantitative estimate of drug-likeness (QED) is 0.0823. The summed E-state index contributed by atoms with van der Waals surface area (Å²) in [6.45, 7) is 0.876. The smallest absolute Gasteiger partial charge is 0.283 e. The Bertz CT molecular complexity index is 1650. The van der Waals surface area contributed by atoms with Gasteiger partial charge in [0.05, 0.1) is 27.0 Å². The minimum absolute atomic E-state index is 0.245. The van der Waals surface area contributed by atoms with Gasteiger partial charge < -0.3 is 9.47 Å². The highest BCUT2D eigenvalue weighted by molar-refractivity contribution is 5.81. The van der Waals surface area contributed by atoms with Gasteiger partial charge in [0.2, 0.25) is 0 Å². The Labute approximate surface area is 254 Å². The molecule has 5 aromatic rings. The van der Waals surface area contributed by atoms with Crippen LogP contribution in [0.3, 0.4) is 0 Å². The average Bonchev–Trinajstić information content (AvgIpc) is 3.06. The lowest BCUT2D eigenvalue weighted by Gasteiger charge is -2.07. The molecule has 0 aliphatic rings. The molecule has 8 nitrogen and oxygen atoms in total. The van der Waals surface area contributed by atoms with E-state index in [2.05, 4.69) is 0 Å². The Morgan fingerprint density at radius 2 is 0.886 bits per heavy atom. The van der Waals surface area contributed by atoms with Crippen LogP contribution in [0.1, 0.15) is 33.4 Å². The van der Waals surface area contributed by atoms with Gasteiger partial charge in [-0.3, -0.25) is 20.2 Å². The molecule has 0 amide bonds. The van der Waals surface area contributed by atoms with Crippen LogP contribution in [0.25, 0.3) is 24.3 Å². The van der Waals surface area contributed by atoms with Crippen LogP contribution >= 0.6 is 0 Å². The molecule has 0 bridgehead atoms. The van der Waals surface area contributed by atoms with Crippen LogP contribution in [0.15, 0.2) is 121 Å². The number of nitro benzene ring substituents is 2. The maximum absolute atomic E-state index is 11.8. The fourth-order valence-corrected chi connectivity index (χ4v) is 4.40. The van der Waals surface area contributed by atoms with Crippen molar-refractivity contribution in [3.8, 4) is 11.5 Å². The first kappa shape index (κ1) is 29.5. The van der Waals surface area contributed by atoms with Crippen molar-refractivity contribution in [3.63, 3.8) is 0 Å². The van der Waals surface area contributed by atoms with Crippen LogP contribution in [0.5, 0.6) is 11.5 Å². The number of benzene rings is 5. The normalized spacial score (nSPS) is 11.1. The maximum Gasteiger partial charge on any atom is 0.283 e. The SMILES string of the molecule is O=[N+]([O-])c1cc([N+](=O)[O-])c(/C=C/c2ccc(OCc3ccccc3)cc2)cc1/C=C/c1ccc(OCc2ccccc2)cc1. The second-order valence-corrected chi connectivity index (χ2v) is 9.84. The molecule has 0 heterocycles. The summed E-state index contributed by atoms with van der Waals surface area (Å²) >= 11 is 0. The van der Waals surface area contributed by atoms with Crippen molar-refractivity contribution in [1.29, 1.82) is 0 Å². The van der Waals surface area contributed by atoms with Gasteiger partial charge in [-0.15, -0.1) is 0 Å². The van der Waals surface area contributed by atoms with E-state index >= 15 is 0 Å². The van der Waals surface area contributed by atoms with E-state index in [9.17, 15) is 20.2 Å². The van der Waals surface area contributed by atoms with E-state index in [0.29, 0.717) is 24.7 Å². The lowest BCUT2D eigenvalue weighted by Crippen LogP contribution is -1.98. The molecule has 8 heteroatoms. The minimum atomic E-state index is -0.616. The van der Waals surface area contributed by atoms with Crippen molar-refractivity contribution in [2.75, 3.05) is 0 Å². The summed E-state index contributed by atoms with van der Waals surface area (Å²) in [7, 11) is 0. The van der Waals surface area contributed by atoms with E-state index in [0.717, 1.165) is 28.3 Å². The molecule has 0 spiro atoms. The maximum atomic E-state index is 11.8. The van der Waals surface area contributed by atoms with Gasteiger partial charge in [-0.25, -0.2) is 0 Å². The van der Waals surface area contributed by atoms with E-state index in [1.807, 2.05) is 109 Å². The Morgan fingerprint density at radius 1 is 0.500 bits per heavy atom. The average molecular weight is 585 g/mol. The van der Waals surface area contributed by atoms with Crippen LogP contribution in [-0.2, 0) is 13.2 Å². The summed E-state index contributed by atoms with van der Waals surface area (Å²) < 4.78 is 11.6. The molecule has 218 valence electrons. The first-order valence-corrected chi connectivity index (χ1v) is 13.8. The molecule has 5 rings (SSSR count). The molecule has 0 saturated heterocycles. The summed E-state index contributed by atoms with van der Waals surface area (Å²) in [5, 5.41) is 23.6. The highest BCUT2D eigenvalue weighted by Crippen LogP contribution is 2.32. The predicted octanol–water partition coefficient (Wildman–Crippen LogP) is 9.00. The van der Waals surface area contributed by atoms with E-state index in [-0.39, 0.29) is 22.5 Å². The zero-order valence-corrected chi connectivity index (χ0v) is 23.6. The van der Waals surface area contributed by atoms with Crippen molar-refractivity contribution >= 4 is 35.7 Å². The topological polar surface area (TPSA) is 105 Å². The van der Waals surface area contributed by atoms with Crippen molar-refractivity contribution in [2.24, 2.45) is 0 Å². The lowest BCUT2D eigenvalue weighted by molar-refractivity contribution is -0.394. The summed E-state index contributed by atoms with van der Waals surface area (Å²) in [5.41, 5.74) is 3.46. The summed E-state index contributed by atoms with van der Waals surface area (Å²) in [4.78, 5) is 22.4. The number of nitrogens with zero attached hydrogens (tertiary/aromatic N) is 2. The number of rotatable bonds is 12. The third-order valence-electron chi connectivity index (χ3n) is 6.74. The lowest BCUT2D eigenvalue weighted by atomic mass is 10.0. The molecule has 0 saturated carbocycles. The number of nitro groups is 2. The Morgan fingerprint density at radius 3 is 1.25 bits per heavy atom. The molecule has 0 radical (unpaired) electrons. The first-order valence-electron chi connectivity index (χ1n) is 13.8. The second-order valence-electron chi connectivity index (χ2n) is 9.84. The zero-order valence-electron chi connectivity index (χ0n) is 23.6. The van der Waals surface area contributed by atoms with Crippen molar-refractivity contribution in [2.45, 2.75) is 13.2 Å². The van der Waals surface area contributed by atoms with Crippen LogP contribution < -0.4 is 9.47 Å². The van der Waals surface area contributed by atoms with Gasteiger partial charge >= 0.3 is 0 Å². The van der Waals surface area contributed by atoms with Gasteiger partial charge in [-0.2, -0.15) is 0 Å². The Hall–Kier alpha value is -6.02. The molecule has 0 atom stereocenters. The van der Waals surface area contributed by atoms with Crippen LogP contribution in [0.2, 0.25) is 0 Å². The van der Waals surface area contributed by atoms with Crippen LogP contribution in [-0.4, -0.2) is 9.85 Å². The van der Waals surface area contributed by atoms with Crippen LogP contribution in [0.4, 0.5) is 11.4 Å². The van der Waals surface area contributed by atoms with Crippen molar-refractivity contribution in [1.82, 2.24) is 0 Å². The number of ether oxygens (including phenoxy) is 2. The van der Waals surface area contributed by atoms with Gasteiger partial charge in [-0.1, -0.05) is 97.1 Å². The molecular formula is C36H28N2O6. The molecule has 0 N–H and O–H groups in total. The second kappa shape index (κ2) is 14.2. The third-order valence-corrected chi connectivity index (χ3v) is 6.74. The molecule has 0 aliphatic carbocycles. The van der Waals surface area contributed by atoms with Gasteiger partial charge in [-0.05, 0) is 64.7 Å². The van der Waals surface area contributed by atoms with E-state index in [1.165, 1.54) is 6.07 Å². The highest BCUT2D eigenvalue weighted by Gasteiger charge is 2.22. The van der Waals surface area contributed by atoms with Gasteiger partial charge in [0, 0.05) is 0 Å². The van der Waals surface area contributed by atoms with Crippen molar-refractivity contribution in [3.05, 3.63) is 175 Å². The van der Waals surface area contributed by atoms with Crippen molar-refractivity contribution < 1.29 is 19.3 Å². The molecule has 0 aromatic heterocycles. The molecule has 0 aliphatic heterocycles. The minimum Gasteiger partial charge on any atom is -0.489 e. The Balaban J connectivity index is 1.31. The third kappa shape index (κ3) is 8.04. The standard InChI is InChI=1S/C36H28N2O6/c39-37(40)35-24-36(38(41)42)32(18-12-28-15-21-34(22-16-28)44-26-30-9-5-2-6-10-30)23-31(35)17-11-27-13-19-33(20-14-27)43-25-29-7-3-1-4-8-29/h1-24H,25-26H2/b17-11+,18-12+. The predicted molar refractivity (Wildman–Crippen MR) is 172 cm³/mol. The summed E-state index contributed by atoms with van der Waals surface area (Å²) in [5.74, 6) is 1.38. The molecular weight excluding hydrogens is 556 g/mol. The first-order chi connectivity index (χ1) is 21.4. The summed E-state index contributed by atoms with van der Waals surface area (Å²) in [6, 6.07) is 36.7. The van der Waals surface area contributed by atoms with E-state index < -0.39 is 9.85 Å². The monoisotopic (exact) mass is 584 g/mol. The van der Waals surface area contributed by atoms with Gasteiger partial charge in [0.15, 0.2) is 0 Å². The van der Waals surface area contributed by atoms with E-state index in [4.69, 9.17) is 9.47 Å². The summed E-state index contributed by atoms with van der Waals surface area (Å²) in [6.07, 6.45) is 6.60. The van der Waals surface area contributed by atoms with Crippen LogP contribution in [0, 0.1) is 20.2 Å². The van der Waals surface area contributed by atoms with Gasteiger partial charge in [0.1, 0.15) is 24.7 Å². The molecule has 5 aromatic carbocycles. The molecule has 44 heavy (non-hydrogen) atoms. The largest absolute Gasteiger partial charge is 0.489 e. The molecule has 0 unspecified atom stereocenters. The zero-order chi connectivity index (χ0) is 30.7. The fourth-order valence-electron chi connectivity index (χ4n) is 4.40. The number of hydrogen-bond acceptors (Lipinski definition) is 6. The van der Waals surface area contributed by atoms with E-state index in [1.54, 1.807) is 24.3 Å². The van der Waals surface area contributed by atoms with Gasteiger partial charge in [0.25, 0.3) is 11.4 Å². The number of hydrogen-bond donors (Lipinski definition) is 0. The highest BCUT2D eigenvalue weighted by atomic mass is 16.6.